The zero-order valence-electron chi connectivity index (χ0n) is 13.9. The highest BCUT2D eigenvalue weighted by Gasteiger charge is 2.31. The van der Waals surface area contributed by atoms with Crippen LogP contribution in [0.5, 0.6) is 0 Å². The number of furan rings is 1. The second-order valence-electron chi connectivity index (χ2n) is 6.12. The molecule has 2 heterocycles. The van der Waals surface area contributed by atoms with Crippen LogP contribution >= 0.6 is 11.3 Å². The van der Waals surface area contributed by atoms with E-state index in [1.54, 1.807) is 42.5 Å². The largest absolute Gasteiger partial charge is 0.459 e. The molecular weight excluding hydrogens is 370 g/mol. The quantitative estimate of drug-likeness (QED) is 0.724. The molecule has 0 saturated heterocycles. The molecule has 3 aromatic rings. The maximum Gasteiger partial charge on any atom is 0.291 e. The molecule has 0 spiro atoms. The van der Waals surface area contributed by atoms with Crippen LogP contribution in [-0.4, -0.2) is 14.3 Å². The number of carbonyl (C=O) groups excluding carboxylic acids is 1. The van der Waals surface area contributed by atoms with Crippen molar-refractivity contribution < 1.29 is 17.6 Å². The minimum Gasteiger partial charge on any atom is -0.459 e. The minimum atomic E-state index is -3.72. The minimum absolute atomic E-state index is 0.152. The lowest BCUT2D eigenvalue weighted by atomic mass is 9.99. The highest BCUT2D eigenvalue weighted by molar-refractivity contribution is 7.92. The Kier molecular flexibility index (Phi) is 4.42. The fourth-order valence-corrected chi connectivity index (χ4v) is 6.49. The molecule has 134 valence electrons. The molecule has 1 amide bonds. The number of fused-ring (bicyclic) bond motifs is 1. The van der Waals surface area contributed by atoms with E-state index in [4.69, 9.17) is 4.42 Å². The topological polar surface area (TPSA) is 76.4 Å². The van der Waals surface area contributed by atoms with E-state index in [1.165, 1.54) is 17.6 Å². The molecule has 0 saturated carbocycles. The van der Waals surface area contributed by atoms with Gasteiger partial charge in [0.2, 0.25) is 9.84 Å². The number of hydrogen-bond acceptors (Lipinski definition) is 5. The van der Waals surface area contributed by atoms with Crippen molar-refractivity contribution in [3.8, 4) is 0 Å². The lowest BCUT2D eigenvalue weighted by molar-refractivity contribution is 0.0997. The number of thiophene rings is 1. The number of nitrogens with one attached hydrogen (secondary N) is 1. The smallest absolute Gasteiger partial charge is 0.291 e. The molecule has 7 heteroatoms. The molecule has 0 bridgehead atoms. The summed E-state index contributed by atoms with van der Waals surface area (Å²) in [5.41, 5.74) is 0.847. The maximum atomic E-state index is 13.3. The summed E-state index contributed by atoms with van der Waals surface area (Å²) in [5.74, 6) is -0.294. The Morgan fingerprint density at radius 3 is 2.54 bits per heavy atom. The van der Waals surface area contributed by atoms with Crippen LogP contribution in [0, 0.1) is 0 Å². The molecule has 0 atom stereocenters. The van der Waals surface area contributed by atoms with Crippen LogP contribution in [0.15, 0.2) is 62.9 Å². The molecule has 1 N–H and O–H groups in total. The van der Waals surface area contributed by atoms with Crippen molar-refractivity contribution in [3.63, 3.8) is 0 Å². The molecule has 2 aromatic heterocycles. The van der Waals surface area contributed by atoms with E-state index in [1.807, 2.05) is 0 Å². The monoisotopic (exact) mass is 387 g/mol. The van der Waals surface area contributed by atoms with Gasteiger partial charge in [0.15, 0.2) is 5.76 Å². The molecule has 0 aliphatic heterocycles. The summed E-state index contributed by atoms with van der Waals surface area (Å²) in [6.07, 6.45) is 4.95. The second kappa shape index (κ2) is 6.74. The number of sulfone groups is 1. The third-order valence-electron chi connectivity index (χ3n) is 4.42. The van der Waals surface area contributed by atoms with Gasteiger partial charge in [-0.25, -0.2) is 8.42 Å². The van der Waals surface area contributed by atoms with Crippen LogP contribution in [0.3, 0.4) is 0 Å². The van der Waals surface area contributed by atoms with E-state index in [9.17, 15) is 13.2 Å². The van der Waals surface area contributed by atoms with E-state index in [0.29, 0.717) is 11.4 Å². The first kappa shape index (κ1) is 17.1. The fraction of sp³-hybridized carbons (Fsp3) is 0.211. The molecule has 26 heavy (non-hydrogen) atoms. The number of amides is 1. The van der Waals surface area contributed by atoms with Crippen molar-refractivity contribution in [2.45, 2.75) is 35.5 Å². The number of hydrogen-bond donors (Lipinski definition) is 1. The Labute approximate surface area is 155 Å². The standard InChI is InChI=1S/C19H17NO4S2/c21-18(15-10-6-12-24-15)20-19-17(14-9-4-5-11-16(14)25-19)26(22,23)13-7-2-1-3-8-13/h1-3,6-8,10,12H,4-5,9,11H2,(H,20,21). The van der Waals surface area contributed by atoms with E-state index in [0.717, 1.165) is 29.7 Å². The van der Waals surface area contributed by atoms with Gasteiger partial charge in [-0.15, -0.1) is 11.3 Å². The van der Waals surface area contributed by atoms with Gasteiger partial charge in [0.05, 0.1) is 11.2 Å². The van der Waals surface area contributed by atoms with Crippen LogP contribution < -0.4 is 5.32 Å². The normalized spacial score (nSPS) is 14.0. The second-order valence-corrected chi connectivity index (χ2v) is 9.11. The van der Waals surface area contributed by atoms with Crippen molar-refractivity contribution in [3.05, 3.63) is 64.9 Å². The van der Waals surface area contributed by atoms with Crippen molar-refractivity contribution in [2.75, 3.05) is 5.32 Å². The molecule has 0 unspecified atom stereocenters. The number of rotatable bonds is 4. The number of aryl methyl sites for hydroxylation is 1. The lowest BCUT2D eigenvalue weighted by Gasteiger charge is -2.13. The number of anilines is 1. The number of carbonyl (C=O) groups is 1. The van der Waals surface area contributed by atoms with E-state index >= 15 is 0 Å². The predicted octanol–water partition coefficient (Wildman–Crippen LogP) is 4.31. The summed E-state index contributed by atoms with van der Waals surface area (Å²) in [5, 5.41) is 3.13. The van der Waals surface area contributed by atoms with Gasteiger partial charge >= 0.3 is 0 Å². The maximum absolute atomic E-state index is 13.3. The first-order valence-corrected chi connectivity index (χ1v) is 10.7. The van der Waals surface area contributed by atoms with E-state index in [-0.39, 0.29) is 15.6 Å². The van der Waals surface area contributed by atoms with Gasteiger partial charge in [-0.3, -0.25) is 4.79 Å². The first-order valence-electron chi connectivity index (χ1n) is 8.37. The van der Waals surface area contributed by atoms with Gasteiger partial charge in [-0.05, 0) is 55.5 Å². The van der Waals surface area contributed by atoms with Gasteiger partial charge in [0.25, 0.3) is 5.91 Å². The zero-order valence-corrected chi connectivity index (χ0v) is 15.5. The molecule has 4 rings (SSSR count). The van der Waals surface area contributed by atoms with Gasteiger partial charge in [-0.1, -0.05) is 18.2 Å². The summed E-state index contributed by atoms with van der Waals surface area (Å²) < 4.78 is 31.7. The van der Waals surface area contributed by atoms with Crippen molar-refractivity contribution >= 4 is 32.1 Å². The Bertz CT molecular complexity index is 1030. The summed E-state index contributed by atoms with van der Waals surface area (Å²) in [6.45, 7) is 0. The van der Waals surface area contributed by atoms with Gasteiger partial charge in [-0.2, -0.15) is 0 Å². The molecule has 1 aromatic carbocycles. The van der Waals surface area contributed by atoms with E-state index in [2.05, 4.69) is 5.32 Å². The van der Waals surface area contributed by atoms with Crippen LogP contribution in [-0.2, 0) is 22.7 Å². The fourth-order valence-electron chi connectivity index (χ4n) is 3.19. The molecule has 1 aliphatic rings. The summed E-state index contributed by atoms with van der Waals surface area (Å²) in [7, 11) is -3.72. The van der Waals surface area contributed by atoms with Gasteiger partial charge < -0.3 is 9.73 Å². The van der Waals surface area contributed by atoms with Crippen LogP contribution in [0.1, 0.15) is 33.8 Å². The van der Waals surface area contributed by atoms with E-state index < -0.39 is 15.7 Å². The SMILES string of the molecule is O=C(Nc1sc2c(c1S(=O)(=O)c1ccccc1)CCCC2)c1ccco1. The molecule has 0 fully saturated rings. The highest BCUT2D eigenvalue weighted by Crippen LogP contribution is 2.43. The number of benzene rings is 1. The third kappa shape index (κ3) is 2.97. The molecule has 5 nitrogen and oxygen atoms in total. The van der Waals surface area contributed by atoms with Crippen LogP contribution in [0.25, 0.3) is 0 Å². The average molecular weight is 387 g/mol. The highest BCUT2D eigenvalue weighted by atomic mass is 32.2. The van der Waals surface area contributed by atoms with Crippen molar-refractivity contribution in [2.24, 2.45) is 0 Å². The average Bonchev–Trinajstić information content (AvgIpc) is 3.30. The Balaban J connectivity index is 1.82. The first-order chi connectivity index (χ1) is 12.6. The summed E-state index contributed by atoms with van der Waals surface area (Å²) in [4.78, 5) is 13.9. The summed E-state index contributed by atoms with van der Waals surface area (Å²) >= 11 is 1.36. The Morgan fingerprint density at radius 2 is 1.81 bits per heavy atom. The van der Waals surface area contributed by atoms with Crippen molar-refractivity contribution in [1.82, 2.24) is 0 Å². The van der Waals surface area contributed by atoms with Gasteiger partial charge in [0, 0.05) is 4.88 Å². The summed E-state index contributed by atoms with van der Waals surface area (Å²) in [6, 6.07) is 11.5. The molecule has 1 aliphatic carbocycles. The Morgan fingerprint density at radius 1 is 1.04 bits per heavy atom. The molecular formula is C19H17NO4S2. The van der Waals surface area contributed by atoms with Gasteiger partial charge in [0.1, 0.15) is 9.90 Å². The Hall–Kier alpha value is -2.38. The van der Waals surface area contributed by atoms with Crippen molar-refractivity contribution in [1.29, 1.82) is 0 Å². The van der Waals surface area contributed by atoms with Crippen LogP contribution in [0.4, 0.5) is 5.00 Å². The predicted molar refractivity (Wildman–Crippen MR) is 99.5 cm³/mol. The molecule has 0 radical (unpaired) electrons. The lowest BCUT2D eigenvalue weighted by Crippen LogP contribution is -2.14. The third-order valence-corrected chi connectivity index (χ3v) is 7.63. The van der Waals surface area contributed by atoms with Crippen LogP contribution in [0.2, 0.25) is 0 Å². The zero-order chi connectivity index (χ0) is 18.1.